The fourth-order valence-corrected chi connectivity index (χ4v) is 1.80. The Hall–Kier alpha value is -2.05. The Morgan fingerprint density at radius 3 is 2.67 bits per heavy atom. The van der Waals surface area contributed by atoms with Crippen molar-refractivity contribution in [3.63, 3.8) is 0 Å². The molecule has 2 aromatic rings. The molecular formula is C17H13ClF2O. The Morgan fingerprint density at radius 2 is 1.90 bits per heavy atom. The normalized spacial score (nSPS) is 9.86. The Kier molecular flexibility index (Phi) is 5.59. The molecule has 0 unspecified atom stereocenters. The van der Waals surface area contributed by atoms with Gasteiger partial charge in [-0.25, -0.2) is 8.78 Å². The highest BCUT2D eigenvalue weighted by molar-refractivity contribution is 6.18. The smallest absolute Gasteiger partial charge is 0.135 e. The molecule has 4 heteroatoms. The summed E-state index contributed by atoms with van der Waals surface area (Å²) in [7, 11) is 0. The van der Waals surface area contributed by atoms with Crippen LogP contribution in [0.15, 0.2) is 42.5 Å². The lowest BCUT2D eigenvalue weighted by Crippen LogP contribution is -2.00. The Balaban J connectivity index is 2.16. The first kappa shape index (κ1) is 15.3. The SMILES string of the molecule is Fc1ccc(OCc2ccccc2F)c(C#CCCCl)c1. The molecule has 0 amide bonds. The lowest BCUT2D eigenvalue weighted by Gasteiger charge is -2.09. The molecule has 0 heterocycles. The summed E-state index contributed by atoms with van der Waals surface area (Å²) in [6, 6.07) is 10.4. The number of alkyl halides is 1. The van der Waals surface area contributed by atoms with Crippen LogP contribution in [0.3, 0.4) is 0 Å². The quantitative estimate of drug-likeness (QED) is 0.596. The van der Waals surface area contributed by atoms with E-state index in [0.717, 1.165) is 0 Å². The molecule has 0 atom stereocenters. The van der Waals surface area contributed by atoms with Crippen LogP contribution in [0.4, 0.5) is 8.78 Å². The molecule has 0 aliphatic heterocycles. The zero-order valence-corrected chi connectivity index (χ0v) is 12.0. The van der Waals surface area contributed by atoms with Gasteiger partial charge in [0, 0.05) is 17.9 Å². The fourth-order valence-electron chi connectivity index (χ4n) is 1.70. The minimum atomic E-state index is -0.400. The van der Waals surface area contributed by atoms with Crippen molar-refractivity contribution in [3.05, 3.63) is 65.2 Å². The molecule has 0 bridgehead atoms. The second-order valence-electron chi connectivity index (χ2n) is 4.26. The maximum atomic E-state index is 13.5. The Morgan fingerprint density at radius 1 is 1.10 bits per heavy atom. The number of rotatable bonds is 4. The van der Waals surface area contributed by atoms with Gasteiger partial charge in [0.15, 0.2) is 0 Å². The second-order valence-corrected chi connectivity index (χ2v) is 4.64. The standard InChI is InChI=1S/C17H13ClF2O/c18-10-4-3-5-13-11-15(19)8-9-17(13)21-12-14-6-1-2-7-16(14)20/h1-2,6-9,11H,4,10,12H2. The highest BCUT2D eigenvalue weighted by Crippen LogP contribution is 2.20. The third-order valence-electron chi connectivity index (χ3n) is 2.73. The number of benzene rings is 2. The monoisotopic (exact) mass is 306 g/mol. The van der Waals surface area contributed by atoms with Crippen molar-refractivity contribution in [2.75, 3.05) is 5.88 Å². The minimum absolute atomic E-state index is 0.0580. The number of hydrogen-bond acceptors (Lipinski definition) is 1. The molecule has 0 saturated heterocycles. The van der Waals surface area contributed by atoms with E-state index in [0.29, 0.717) is 29.2 Å². The molecule has 0 spiro atoms. The first-order chi connectivity index (χ1) is 10.2. The average Bonchev–Trinajstić information content (AvgIpc) is 2.48. The predicted octanol–water partition coefficient (Wildman–Crippen LogP) is 4.52. The summed E-state index contributed by atoms with van der Waals surface area (Å²) in [5, 5.41) is 0. The van der Waals surface area contributed by atoms with Crippen LogP contribution in [0.5, 0.6) is 5.75 Å². The van der Waals surface area contributed by atoms with E-state index in [9.17, 15) is 8.78 Å². The third kappa shape index (κ3) is 4.47. The van der Waals surface area contributed by atoms with E-state index < -0.39 is 5.82 Å². The Bertz CT molecular complexity index is 674. The summed E-state index contributed by atoms with van der Waals surface area (Å²) in [5.74, 6) is 5.73. The fraction of sp³-hybridized carbons (Fsp3) is 0.176. The predicted molar refractivity (Wildman–Crippen MR) is 79.3 cm³/mol. The molecule has 21 heavy (non-hydrogen) atoms. The summed E-state index contributed by atoms with van der Waals surface area (Å²) >= 11 is 5.55. The first-order valence-corrected chi connectivity index (χ1v) is 6.95. The molecule has 1 nitrogen and oxygen atoms in total. The van der Waals surface area contributed by atoms with Crippen LogP contribution in [0.1, 0.15) is 17.5 Å². The van der Waals surface area contributed by atoms with Crippen molar-refractivity contribution in [2.24, 2.45) is 0 Å². The summed E-state index contributed by atoms with van der Waals surface area (Å²) in [4.78, 5) is 0. The van der Waals surface area contributed by atoms with Gasteiger partial charge in [0.05, 0.1) is 5.56 Å². The zero-order chi connectivity index (χ0) is 15.1. The van der Waals surface area contributed by atoms with Gasteiger partial charge in [-0.3, -0.25) is 0 Å². The molecule has 2 aromatic carbocycles. The van der Waals surface area contributed by atoms with Crippen LogP contribution in [-0.4, -0.2) is 5.88 Å². The highest BCUT2D eigenvalue weighted by Gasteiger charge is 2.06. The summed E-state index contributed by atoms with van der Waals surface area (Å²) in [6.45, 7) is 0.0580. The van der Waals surface area contributed by atoms with Crippen LogP contribution in [-0.2, 0) is 6.61 Å². The van der Waals surface area contributed by atoms with Gasteiger partial charge in [-0.05, 0) is 24.3 Å². The van der Waals surface area contributed by atoms with Gasteiger partial charge in [-0.2, -0.15) is 0 Å². The first-order valence-electron chi connectivity index (χ1n) is 6.41. The highest BCUT2D eigenvalue weighted by atomic mass is 35.5. The molecule has 0 fully saturated rings. The summed E-state index contributed by atoms with van der Waals surface area (Å²) in [5.41, 5.74) is 0.859. The van der Waals surface area contributed by atoms with E-state index >= 15 is 0 Å². The molecule has 108 valence electrons. The zero-order valence-electron chi connectivity index (χ0n) is 11.2. The van der Waals surface area contributed by atoms with Crippen LogP contribution in [0.25, 0.3) is 0 Å². The van der Waals surface area contributed by atoms with Crippen LogP contribution >= 0.6 is 11.6 Å². The molecular weight excluding hydrogens is 294 g/mol. The van der Waals surface area contributed by atoms with E-state index in [1.54, 1.807) is 18.2 Å². The van der Waals surface area contributed by atoms with Crippen molar-refractivity contribution >= 4 is 11.6 Å². The van der Waals surface area contributed by atoms with Crippen molar-refractivity contribution in [1.29, 1.82) is 0 Å². The summed E-state index contributed by atoms with van der Waals surface area (Å²) < 4.78 is 32.3. The van der Waals surface area contributed by atoms with Gasteiger partial charge in [-0.1, -0.05) is 30.0 Å². The number of halogens is 3. The summed E-state index contributed by atoms with van der Waals surface area (Å²) in [6.07, 6.45) is 0.505. The van der Waals surface area contributed by atoms with E-state index in [-0.39, 0.29) is 12.4 Å². The van der Waals surface area contributed by atoms with Crippen molar-refractivity contribution in [2.45, 2.75) is 13.0 Å². The molecule has 0 radical (unpaired) electrons. The molecule has 0 aromatic heterocycles. The largest absolute Gasteiger partial charge is 0.487 e. The van der Waals surface area contributed by atoms with E-state index in [1.807, 2.05) is 0 Å². The molecule has 0 aliphatic carbocycles. The van der Waals surface area contributed by atoms with Crippen molar-refractivity contribution < 1.29 is 13.5 Å². The lowest BCUT2D eigenvalue weighted by molar-refractivity contribution is 0.298. The molecule has 0 aliphatic rings. The van der Waals surface area contributed by atoms with Gasteiger partial charge >= 0.3 is 0 Å². The van der Waals surface area contributed by atoms with Crippen molar-refractivity contribution in [1.82, 2.24) is 0 Å². The van der Waals surface area contributed by atoms with Crippen LogP contribution < -0.4 is 4.74 Å². The van der Waals surface area contributed by atoms with Gasteiger partial charge in [0.25, 0.3) is 0 Å². The lowest BCUT2D eigenvalue weighted by atomic mass is 10.2. The average molecular weight is 307 g/mol. The van der Waals surface area contributed by atoms with Gasteiger partial charge in [-0.15, -0.1) is 11.6 Å². The molecule has 2 rings (SSSR count). The van der Waals surface area contributed by atoms with E-state index in [4.69, 9.17) is 16.3 Å². The maximum absolute atomic E-state index is 13.5. The van der Waals surface area contributed by atoms with Gasteiger partial charge in [0.1, 0.15) is 24.0 Å². The molecule has 0 saturated carbocycles. The van der Waals surface area contributed by atoms with Gasteiger partial charge < -0.3 is 4.74 Å². The maximum Gasteiger partial charge on any atom is 0.135 e. The van der Waals surface area contributed by atoms with Gasteiger partial charge in [0.2, 0.25) is 0 Å². The third-order valence-corrected chi connectivity index (χ3v) is 2.91. The second kappa shape index (κ2) is 7.66. The minimum Gasteiger partial charge on any atom is -0.487 e. The molecule has 0 N–H and O–H groups in total. The Labute approximate surface area is 127 Å². The van der Waals surface area contributed by atoms with Crippen molar-refractivity contribution in [3.8, 4) is 17.6 Å². The van der Waals surface area contributed by atoms with Crippen LogP contribution in [0.2, 0.25) is 0 Å². The van der Waals surface area contributed by atoms with E-state index in [1.165, 1.54) is 24.3 Å². The van der Waals surface area contributed by atoms with E-state index in [2.05, 4.69) is 11.8 Å². The topological polar surface area (TPSA) is 9.23 Å². The number of ether oxygens (including phenoxy) is 1. The van der Waals surface area contributed by atoms with Crippen LogP contribution in [0, 0.1) is 23.5 Å². The number of hydrogen-bond donors (Lipinski definition) is 0.